The number of β-amino-alcohol motifs (C(OH)–C–C–N with tert-alkyl or cyclic N) is 1. The highest BCUT2D eigenvalue weighted by molar-refractivity contribution is 6.06. The van der Waals surface area contributed by atoms with E-state index in [1.165, 1.54) is 20.2 Å². The summed E-state index contributed by atoms with van der Waals surface area (Å²) in [6, 6.07) is 18.9. The lowest BCUT2D eigenvalue weighted by Gasteiger charge is -2.30. The van der Waals surface area contributed by atoms with Gasteiger partial charge in [0.2, 0.25) is 11.9 Å². The molecule has 1 saturated carbocycles. The van der Waals surface area contributed by atoms with E-state index in [-0.39, 0.29) is 62.0 Å². The first-order chi connectivity index (χ1) is 39.7. The molecule has 19 nitrogen and oxygen atoms in total. The summed E-state index contributed by atoms with van der Waals surface area (Å²) in [4.78, 5) is 47.3. The van der Waals surface area contributed by atoms with Crippen LogP contribution in [-0.4, -0.2) is 149 Å². The zero-order chi connectivity index (χ0) is 57.1. The van der Waals surface area contributed by atoms with Gasteiger partial charge in [-0.15, -0.1) is 5.10 Å². The number of nitrogens with zero attached hydrogens (tertiary/aromatic N) is 10. The number of pyridine rings is 1. The van der Waals surface area contributed by atoms with Gasteiger partial charge in [-0.2, -0.15) is 19.6 Å². The Bertz CT molecular complexity index is 3730. The molecule has 7 atom stereocenters. The van der Waals surface area contributed by atoms with Crippen LogP contribution in [0.25, 0.3) is 55.3 Å². The van der Waals surface area contributed by atoms with E-state index in [2.05, 4.69) is 48.5 Å². The quantitative estimate of drug-likeness (QED) is 0.0448. The van der Waals surface area contributed by atoms with Crippen molar-refractivity contribution in [1.82, 2.24) is 50.4 Å². The number of aliphatic hydroxyl groups excluding tert-OH is 2. The third-order valence-corrected chi connectivity index (χ3v) is 17.0. The minimum absolute atomic E-state index is 0.00934. The molecular weight excluding hydrogens is 1040 g/mol. The van der Waals surface area contributed by atoms with Crippen molar-refractivity contribution in [2.24, 2.45) is 5.92 Å². The van der Waals surface area contributed by atoms with Crippen molar-refractivity contribution in [3.63, 3.8) is 0 Å². The molecule has 424 valence electrons. The van der Waals surface area contributed by atoms with E-state index in [0.717, 1.165) is 87.9 Å². The molecule has 2 bridgehead atoms. The van der Waals surface area contributed by atoms with Crippen LogP contribution in [0.3, 0.4) is 0 Å². The number of methoxy groups -OCH3 is 1. The Morgan fingerprint density at radius 1 is 0.939 bits per heavy atom. The summed E-state index contributed by atoms with van der Waals surface area (Å²) in [6.45, 7) is 15.1. The van der Waals surface area contributed by atoms with E-state index in [0.29, 0.717) is 45.2 Å². The number of aliphatic hydroxyl groups is 2. The average Bonchev–Trinajstić information content (AvgIpc) is 3.85. The van der Waals surface area contributed by atoms with Crippen molar-refractivity contribution in [3.05, 3.63) is 125 Å². The Balaban J connectivity index is 0.825. The lowest BCUT2D eigenvalue weighted by atomic mass is 9.88. The number of anilines is 1. The van der Waals surface area contributed by atoms with Crippen LogP contribution >= 0.6 is 0 Å². The van der Waals surface area contributed by atoms with E-state index in [9.17, 15) is 19.8 Å². The molecule has 0 spiro atoms. The lowest BCUT2D eigenvalue weighted by molar-refractivity contribution is -0.493. The molecule has 8 aromatic rings. The van der Waals surface area contributed by atoms with Crippen molar-refractivity contribution in [2.45, 2.75) is 115 Å². The number of hydrogen-bond donors (Lipinski definition) is 4. The number of ether oxygens (including phenoxy) is 3. The summed E-state index contributed by atoms with van der Waals surface area (Å²) in [7, 11) is 1.63. The predicted molar refractivity (Wildman–Crippen MR) is 307 cm³/mol. The number of carbonyl (C=O) groups excluding carboxylic acids is 2. The minimum atomic E-state index is -1.03. The number of piperazine rings is 1. The Morgan fingerprint density at radius 2 is 1.72 bits per heavy atom. The van der Waals surface area contributed by atoms with Gasteiger partial charge in [0.15, 0.2) is 11.8 Å². The Kier molecular flexibility index (Phi) is 14.9. The highest BCUT2D eigenvalue weighted by Gasteiger charge is 2.48. The molecule has 4 N–H and O–H groups in total. The summed E-state index contributed by atoms with van der Waals surface area (Å²) < 4.78 is 37.8. The van der Waals surface area contributed by atoms with Crippen LogP contribution in [0.1, 0.15) is 92.3 Å². The van der Waals surface area contributed by atoms with Gasteiger partial charge in [-0.3, -0.25) is 14.9 Å². The number of aryl methyl sites for hydroxylation is 1. The molecule has 4 aromatic carbocycles. The Hall–Kier alpha value is -8.04. The number of aromatic nitrogens is 8. The van der Waals surface area contributed by atoms with Crippen molar-refractivity contribution < 1.29 is 43.0 Å². The SMILES string of the molecule is C=[N+](C(=O)[C@@H]1C[C@@H](O)CN1C(=O)[C@H](C(C)C)n1cc(-c2ccc(COc3c(-c4c(C)c(F)cc5[nH]ncc45)c(C4CC4)cc4c(N5C[C@@H]6C[C@H]5CN6)nc(OC[C@H](C)OC)nc34)cc2)nn1)[C@@H](CO)c1ccc(-c2cnccc2C)cc1. The third kappa shape index (κ3) is 10.3. The van der Waals surface area contributed by atoms with Crippen LogP contribution in [0.2, 0.25) is 0 Å². The number of benzene rings is 4. The molecule has 7 heterocycles. The van der Waals surface area contributed by atoms with Gasteiger partial charge in [0.1, 0.15) is 55.4 Å². The summed E-state index contributed by atoms with van der Waals surface area (Å²) in [5.74, 6) is -0.0793. The Labute approximate surface area is 474 Å². The van der Waals surface area contributed by atoms with Crippen LogP contribution < -0.4 is 19.7 Å². The normalized spacial score (nSPS) is 19.8. The lowest BCUT2D eigenvalue weighted by Crippen LogP contribution is -2.48. The number of aromatic amines is 1. The second-order valence-corrected chi connectivity index (χ2v) is 22.8. The molecule has 2 amide bonds. The second kappa shape index (κ2) is 22.4. The third-order valence-electron chi connectivity index (χ3n) is 17.0. The zero-order valence-corrected chi connectivity index (χ0v) is 46.9. The number of likely N-dealkylation sites (tertiary alicyclic amines) is 1. The number of fused-ring (bicyclic) bond motifs is 4. The maximum Gasteiger partial charge on any atom is 0.409 e. The van der Waals surface area contributed by atoms with E-state index in [1.54, 1.807) is 38.8 Å². The molecule has 4 aromatic heterocycles. The van der Waals surface area contributed by atoms with Crippen LogP contribution in [0.15, 0.2) is 91.5 Å². The maximum absolute atomic E-state index is 16.1. The fraction of sp³-hybridized carbons (Fsp3) is 0.403. The minimum Gasteiger partial charge on any atom is -0.486 e. The van der Waals surface area contributed by atoms with Crippen molar-refractivity contribution in [1.29, 1.82) is 0 Å². The number of carbonyl (C=O) groups is 2. The number of nitrogens with one attached hydrogen (secondary N) is 2. The van der Waals surface area contributed by atoms with Crippen molar-refractivity contribution in [2.75, 3.05) is 44.9 Å². The number of amides is 2. The monoisotopic (exact) mass is 1110 g/mol. The summed E-state index contributed by atoms with van der Waals surface area (Å²) in [6.07, 6.45) is 8.77. The molecular formula is C62H68FN12O7+. The predicted octanol–water partition coefficient (Wildman–Crippen LogP) is 7.80. The van der Waals surface area contributed by atoms with Gasteiger partial charge in [-0.05, 0) is 97.9 Å². The smallest absolute Gasteiger partial charge is 0.409 e. The molecule has 4 fully saturated rings. The van der Waals surface area contributed by atoms with Crippen molar-refractivity contribution >= 4 is 46.2 Å². The Morgan fingerprint density at radius 3 is 2.41 bits per heavy atom. The molecule has 0 radical (unpaired) electrons. The average molecular weight is 1110 g/mol. The fourth-order valence-corrected chi connectivity index (χ4v) is 12.2. The van der Waals surface area contributed by atoms with Crippen LogP contribution in [0, 0.1) is 25.6 Å². The van der Waals surface area contributed by atoms with Crippen molar-refractivity contribution in [3.8, 4) is 45.3 Å². The first kappa shape index (κ1) is 54.5. The van der Waals surface area contributed by atoms with Gasteiger partial charge in [0.25, 0.3) is 0 Å². The molecule has 1 aliphatic carbocycles. The van der Waals surface area contributed by atoms with Gasteiger partial charge >= 0.3 is 11.9 Å². The molecule has 0 unspecified atom stereocenters. The molecule has 20 heteroatoms. The van der Waals surface area contributed by atoms with E-state index < -0.39 is 42.7 Å². The highest BCUT2D eigenvalue weighted by Crippen LogP contribution is 2.53. The second-order valence-electron chi connectivity index (χ2n) is 22.8. The van der Waals surface area contributed by atoms with E-state index in [1.807, 2.05) is 82.3 Å². The van der Waals surface area contributed by atoms with Gasteiger partial charge in [-0.25, -0.2) is 13.9 Å². The number of H-pyrrole nitrogens is 1. The summed E-state index contributed by atoms with van der Waals surface area (Å²) in [5.41, 5.74) is 9.81. The number of hydrogen-bond acceptors (Lipinski definition) is 15. The van der Waals surface area contributed by atoms with Crippen LogP contribution in [0.5, 0.6) is 11.8 Å². The van der Waals surface area contributed by atoms with E-state index >= 15 is 4.39 Å². The molecule has 12 rings (SSSR count). The summed E-state index contributed by atoms with van der Waals surface area (Å²) in [5, 5.41) is 43.2. The van der Waals surface area contributed by atoms with Gasteiger partial charge < -0.3 is 39.5 Å². The van der Waals surface area contributed by atoms with Gasteiger partial charge in [-0.1, -0.05) is 67.6 Å². The molecule has 3 aliphatic heterocycles. The highest BCUT2D eigenvalue weighted by atomic mass is 19.1. The topological polar surface area (TPSA) is 222 Å². The first-order valence-corrected chi connectivity index (χ1v) is 28.2. The first-order valence-electron chi connectivity index (χ1n) is 28.2. The largest absolute Gasteiger partial charge is 0.486 e. The molecule has 3 saturated heterocycles. The summed E-state index contributed by atoms with van der Waals surface area (Å²) >= 11 is 0. The maximum atomic E-state index is 16.1. The standard InChI is InChI=1S/C62H68FN12O7/c1-33(2)57(61(79)74-28-44(77)21-52(74)60(78)72(6)53(30-76)41-16-14-39(15-17-41)47-25-64-19-18-34(47)3)75-29-51(70-71-75)40-10-8-37(9-11-40)32-81-58-55(54-36(5)49(63)23-50-48(54)26-66-69-50)45(38-12-13-38)22-46-56(58)67-62(82-31-35(4)80-7)68-59(46)73-27-42-20-43(73)24-65-42/h8-11,14-19,22-23,25-26,29,33,35,38,42-44,52-53,57,65,76-77H,6,12-13,20-21,24,27-28,30-32H2,1-5,7H3,(H,66,69)/q+1/t35-,42-,43-,44+,52-,53-,57-/m0/s1. The molecule has 4 aliphatic rings. The van der Waals surface area contributed by atoms with Crippen LogP contribution in [0.4, 0.5) is 10.2 Å². The zero-order valence-electron chi connectivity index (χ0n) is 46.9. The van der Waals surface area contributed by atoms with Gasteiger partial charge in [0, 0.05) is 96.2 Å². The molecule has 82 heavy (non-hydrogen) atoms. The van der Waals surface area contributed by atoms with Gasteiger partial charge in [0.05, 0.1) is 30.1 Å². The number of halogens is 1. The number of rotatable bonds is 19. The van der Waals surface area contributed by atoms with Crippen LogP contribution in [-0.2, 0) is 20.9 Å². The fourth-order valence-electron chi connectivity index (χ4n) is 12.2. The van der Waals surface area contributed by atoms with E-state index in [4.69, 9.17) is 24.2 Å².